The summed E-state index contributed by atoms with van der Waals surface area (Å²) < 4.78 is 10.9. The van der Waals surface area contributed by atoms with Gasteiger partial charge in [0.25, 0.3) is 5.91 Å². The Labute approximate surface area is 179 Å². The van der Waals surface area contributed by atoms with Crippen molar-refractivity contribution in [1.29, 1.82) is 0 Å². The molecule has 1 unspecified atom stereocenters. The maximum Gasteiger partial charge on any atom is 0.251 e. The maximum absolute atomic E-state index is 12.6. The summed E-state index contributed by atoms with van der Waals surface area (Å²) in [5, 5.41) is 3.11. The number of halogens is 1. The average molecular weight is 419 g/mol. The predicted octanol–water partition coefficient (Wildman–Crippen LogP) is 4.47. The van der Waals surface area contributed by atoms with Gasteiger partial charge in [-0.25, -0.2) is 0 Å². The van der Waals surface area contributed by atoms with E-state index in [-0.39, 0.29) is 30.5 Å². The van der Waals surface area contributed by atoms with Crippen LogP contribution in [0, 0.1) is 0 Å². The van der Waals surface area contributed by atoms with Crippen LogP contribution in [0.1, 0.15) is 48.7 Å². The van der Waals surface area contributed by atoms with Crippen molar-refractivity contribution in [3.63, 3.8) is 0 Å². The van der Waals surface area contributed by atoms with Crippen LogP contribution < -0.4 is 14.8 Å². The molecule has 1 saturated heterocycles. The Morgan fingerprint density at radius 3 is 2.14 bits per heavy atom. The molecule has 3 rings (SSSR count). The summed E-state index contributed by atoms with van der Waals surface area (Å²) in [6, 6.07) is 15.6. The first kappa shape index (κ1) is 23.0. The van der Waals surface area contributed by atoms with E-state index in [2.05, 4.69) is 22.3 Å². The standard InChI is InChI=1S/C23H30N2O3.ClH/c1-17(2)28-21-12-8-19(9-13-21)23(26)24-16-22(25-14-4-5-15-25)18-6-10-20(27-3)11-7-18;/h6-13,17,22H,4-5,14-16H2,1-3H3,(H,24,26);1H. The fourth-order valence-electron chi connectivity index (χ4n) is 3.59. The smallest absolute Gasteiger partial charge is 0.251 e. The molecule has 1 aliphatic rings. The van der Waals surface area contributed by atoms with Gasteiger partial charge in [-0.2, -0.15) is 0 Å². The molecule has 1 atom stereocenters. The molecule has 0 spiro atoms. The topological polar surface area (TPSA) is 50.8 Å². The number of benzene rings is 2. The monoisotopic (exact) mass is 418 g/mol. The van der Waals surface area contributed by atoms with Crippen LogP contribution in [0.15, 0.2) is 48.5 Å². The zero-order valence-corrected chi connectivity index (χ0v) is 18.2. The summed E-state index contributed by atoms with van der Waals surface area (Å²) in [5.74, 6) is 1.56. The van der Waals surface area contributed by atoms with Gasteiger partial charge in [0.1, 0.15) is 11.5 Å². The van der Waals surface area contributed by atoms with E-state index in [4.69, 9.17) is 9.47 Å². The molecule has 1 fully saturated rings. The molecule has 0 bridgehead atoms. The zero-order chi connectivity index (χ0) is 19.9. The molecular weight excluding hydrogens is 388 g/mol. The number of carbonyl (C=O) groups excluding carboxylic acids is 1. The molecule has 1 heterocycles. The van der Waals surface area contributed by atoms with Gasteiger partial charge in [0, 0.05) is 12.1 Å². The van der Waals surface area contributed by atoms with Crippen molar-refractivity contribution in [2.75, 3.05) is 26.7 Å². The Balaban J connectivity index is 0.00000300. The van der Waals surface area contributed by atoms with Gasteiger partial charge in [0.15, 0.2) is 0 Å². The first-order valence-corrected chi connectivity index (χ1v) is 9.99. The number of amides is 1. The number of carbonyl (C=O) groups is 1. The van der Waals surface area contributed by atoms with E-state index in [0.29, 0.717) is 12.1 Å². The van der Waals surface area contributed by atoms with Gasteiger partial charge in [-0.1, -0.05) is 12.1 Å². The first-order chi connectivity index (χ1) is 13.6. The third-order valence-corrected chi connectivity index (χ3v) is 5.03. The second kappa shape index (κ2) is 11.1. The molecule has 6 heteroatoms. The van der Waals surface area contributed by atoms with Crippen LogP contribution in [0.4, 0.5) is 0 Å². The number of likely N-dealkylation sites (tertiary alicyclic amines) is 1. The zero-order valence-electron chi connectivity index (χ0n) is 17.4. The van der Waals surface area contributed by atoms with E-state index in [9.17, 15) is 4.79 Å². The molecular formula is C23H31ClN2O3. The summed E-state index contributed by atoms with van der Waals surface area (Å²) in [4.78, 5) is 15.1. The highest BCUT2D eigenvalue weighted by Gasteiger charge is 2.24. The Kier molecular flexibility index (Phi) is 8.80. The van der Waals surface area contributed by atoms with Gasteiger partial charge in [-0.05, 0) is 81.7 Å². The molecule has 1 aliphatic heterocycles. The quantitative estimate of drug-likeness (QED) is 0.687. The highest BCUT2D eigenvalue weighted by atomic mass is 35.5. The SMILES string of the molecule is COc1ccc(C(CNC(=O)c2ccc(OC(C)C)cc2)N2CCCC2)cc1.Cl. The van der Waals surface area contributed by atoms with Crippen molar-refractivity contribution >= 4 is 18.3 Å². The lowest BCUT2D eigenvalue weighted by Gasteiger charge is -2.28. The molecule has 158 valence electrons. The minimum absolute atomic E-state index is 0. The normalized spacial score (nSPS) is 14.9. The second-order valence-corrected chi connectivity index (χ2v) is 7.43. The van der Waals surface area contributed by atoms with E-state index in [1.165, 1.54) is 18.4 Å². The van der Waals surface area contributed by atoms with E-state index < -0.39 is 0 Å². The summed E-state index contributed by atoms with van der Waals surface area (Å²) in [6.45, 7) is 6.67. The molecule has 5 nitrogen and oxygen atoms in total. The van der Waals surface area contributed by atoms with Gasteiger partial charge >= 0.3 is 0 Å². The summed E-state index contributed by atoms with van der Waals surface area (Å²) in [7, 11) is 1.67. The lowest BCUT2D eigenvalue weighted by atomic mass is 10.0. The molecule has 0 radical (unpaired) electrons. The Morgan fingerprint density at radius 1 is 1.00 bits per heavy atom. The number of nitrogens with one attached hydrogen (secondary N) is 1. The molecule has 1 N–H and O–H groups in total. The number of nitrogens with zero attached hydrogens (tertiary/aromatic N) is 1. The van der Waals surface area contributed by atoms with Crippen molar-refractivity contribution in [2.45, 2.75) is 38.8 Å². The summed E-state index contributed by atoms with van der Waals surface area (Å²) in [6.07, 6.45) is 2.53. The van der Waals surface area contributed by atoms with Crippen LogP contribution in [-0.4, -0.2) is 43.7 Å². The lowest BCUT2D eigenvalue weighted by Crippen LogP contribution is -2.36. The van der Waals surface area contributed by atoms with Crippen molar-refractivity contribution in [2.24, 2.45) is 0 Å². The van der Waals surface area contributed by atoms with E-state index >= 15 is 0 Å². The fourth-order valence-corrected chi connectivity index (χ4v) is 3.59. The van der Waals surface area contributed by atoms with Gasteiger partial charge in [-0.15, -0.1) is 12.4 Å². The van der Waals surface area contributed by atoms with E-state index in [1.54, 1.807) is 7.11 Å². The van der Waals surface area contributed by atoms with Crippen molar-refractivity contribution in [1.82, 2.24) is 10.2 Å². The van der Waals surface area contributed by atoms with Crippen LogP contribution in [-0.2, 0) is 0 Å². The molecule has 0 aliphatic carbocycles. The number of hydrogen-bond acceptors (Lipinski definition) is 4. The van der Waals surface area contributed by atoms with Gasteiger partial charge in [0.05, 0.1) is 19.3 Å². The summed E-state index contributed by atoms with van der Waals surface area (Å²) in [5.41, 5.74) is 1.84. The van der Waals surface area contributed by atoms with Crippen LogP contribution >= 0.6 is 12.4 Å². The van der Waals surface area contributed by atoms with Crippen LogP contribution in [0.5, 0.6) is 11.5 Å². The fraction of sp³-hybridized carbons (Fsp3) is 0.435. The Hall–Kier alpha value is -2.24. The predicted molar refractivity (Wildman–Crippen MR) is 118 cm³/mol. The van der Waals surface area contributed by atoms with Crippen molar-refractivity contribution < 1.29 is 14.3 Å². The number of hydrogen-bond donors (Lipinski definition) is 1. The number of rotatable bonds is 8. The van der Waals surface area contributed by atoms with Gasteiger partial charge < -0.3 is 14.8 Å². The van der Waals surface area contributed by atoms with Crippen LogP contribution in [0.25, 0.3) is 0 Å². The minimum atomic E-state index is -0.0613. The van der Waals surface area contributed by atoms with E-state index in [1.807, 2.05) is 50.2 Å². The first-order valence-electron chi connectivity index (χ1n) is 9.99. The molecule has 2 aromatic rings. The third kappa shape index (κ3) is 6.38. The lowest BCUT2D eigenvalue weighted by molar-refractivity contribution is 0.0938. The maximum atomic E-state index is 12.6. The second-order valence-electron chi connectivity index (χ2n) is 7.43. The average Bonchev–Trinajstić information content (AvgIpc) is 3.23. The summed E-state index contributed by atoms with van der Waals surface area (Å²) >= 11 is 0. The van der Waals surface area contributed by atoms with Gasteiger partial charge in [0.2, 0.25) is 0 Å². The van der Waals surface area contributed by atoms with Crippen molar-refractivity contribution in [3.05, 3.63) is 59.7 Å². The number of ether oxygens (including phenoxy) is 2. The van der Waals surface area contributed by atoms with Crippen LogP contribution in [0.3, 0.4) is 0 Å². The Bertz CT molecular complexity index is 757. The van der Waals surface area contributed by atoms with Crippen molar-refractivity contribution in [3.8, 4) is 11.5 Å². The minimum Gasteiger partial charge on any atom is -0.497 e. The Morgan fingerprint density at radius 2 is 1.59 bits per heavy atom. The highest BCUT2D eigenvalue weighted by molar-refractivity contribution is 5.94. The number of methoxy groups -OCH3 is 1. The highest BCUT2D eigenvalue weighted by Crippen LogP contribution is 2.26. The van der Waals surface area contributed by atoms with Crippen LogP contribution in [0.2, 0.25) is 0 Å². The largest absolute Gasteiger partial charge is 0.497 e. The molecule has 29 heavy (non-hydrogen) atoms. The molecule has 0 saturated carbocycles. The molecule has 1 amide bonds. The van der Waals surface area contributed by atoms with Gasteiger partial charge in [-0.3, -0.25) is 9.69 Å². The van der Waals surface area contributed by atoms with E-state index in [0.717, 1.165) is 24.6 Å². The molecule has 0 aromatic heterocycles. The molecule has 2 aromatic carbocycles. The third-order valence-electron chi connectivity index (χ3n) is 5.03.